The van der Waals surface area contributed by atoms with Crippen LogP contribution < -0.4 is 11.1 Å². The second kappa shape index (κ2) is 6.07. The Labute approximate surface area is 111 Å². The number of amides is 1. The number of carbonyl (C=O) groups excluding carboxylic acids is 1. The second-order valence-electron chi connectivity index (χ2n) is 4.48. The Bertz CT molecular complexity index is 431. The molecule has 0 aromatic heterocycles. The number of anilines is 1. The van der Waals surface area contributed by atoms with Crippen molar-refractivity contribution in [3.05, 3.63) is 28.8 Å². The van der Waals surface area contributed by atoms with Crippen LogP contribution in [0.3, 0.4) is 0 Å². The van der Waals surface area contributed by atoms with Gasteiger partial charge in [-0.05, 0) is 30.9 Å². The zero-order valence-corrected chi connectivity index (χ0v) is 10.9. The molecule has 1 aromatic carbocycles. The zero-order chi connectivity index (χ0) is 13.0. The molecule has 0 bridgehead atoms. The maximum absolute atomic E-state index is 11.9. The van der Waals surface area contributed by atoms with E-state index in [1.54, 1.807) is 18.2 Å². The minimum absolute atomic E-state index is 0.172. The van der Waals surface area contributed by atoms with E-state index in [0.29, 0.717) is 28.7 Å². The van der Waals surface area contributed by atoms with Gasteiger partial charge in [0.15, 0.2) is 0 Å². The smallest absolute Gasteiger partial charge is 0.253 e. The second-order valence-corrected chi connectivity index (χ2v) is 4.88. The van der Waals surface area contributed by atoms with Gasteiger partial charge in [-0.25, -0.2) is 0 Å². The predicted octanol–water partition coefficient (Wildman–Crippen LogP) is 2.08. The van der Waals surface area contributed by atoms with E-state index in [1.807, 2.05) is 0 Å². The number of nitrogens with one attached hydrogen (secondary N) is 1. The topological polar surface area (TPSA) is 64.4 Å². The molecule has 4 nitrogen and oxygen atoms in total. The Balaban J connectivity index is 1.85. The molecule has 1 atom stereocenters. The van der Waals surface area contributed by atoms with E-state index < -0.39 is 0 Å². The number of ether oxygens (including phenoxy) is 1. The summed E-state index contributed by atoms with van der Waals surface area (Å²) in [6.07, 6.45) is 2.02. The van der Waals surface area contributed by atoms with E-state index in [2.05, 4.69) is 5.32 Å². The summed E-state index contributed by atoms with van der Waals surface area (Å²) in [6.45, 7) is 2.27. The molecule has 1 aliphatic rings. The van der Waals surface area contributed by atoms with Crippen molar-refractivity contribution in [2.24, 2.45) is 5.92 Å². The number of benzene rings is 1. The molecule has 1 unspecified atom stereocenters. The van der Waals surface area contributed by atoms with Gasteiger partial charge in [0.2, 0.25) is 0 Å². The number of para-hydroxylation sites is 1. The molecular formula is C13H17ClN2O2. The molecule has 1 amide bonds. The first kappa shape index (κ1) is 13.2. The highest BCUT2D eigenvalue weighted by Crippen LogP contribution is 2.22. The number of hydrogen-bond donors (Lipinski definition) is 2. The van der Waals surface area contributed by atoms with Crippen LogP contribution in [0.2, 0.25) is 5.02 Å². The van der Waals surface area contributed by atoms with Crippen molar-refractivity contribution in [2.75, 3.05) is 25.5 Å². The summed E-state index contributed by atoms with van der Waals surface area (Å²) in [5.41, 5.74) is 6.53. The molecule has 0 radical (unpaired) electrons. The molecule has 2 rings (SSSR count). The highest BCUT2D eigenvalue weighted by molar-refractivity contribution is 6.33. The van der Waals surface area contributed by atoms with Gasteiger partial charge in [-0.1, -0.05) is 17.7 Å². The molecule has 0 spiro atoms. The van der Waals surface area contributed by atoms with Crippen molar-refractivity contribution in [1.29, 1.82) is 0 Å². The van der Waals surface area contributed by atoms with Crippen LogP contribution in [0, 0.1) is 5.92 Å². The van der Waals surface area contributed by atoms with Gasteiger partial charge in [-0.2, -0.15) is 0 Å². The molecule has 0 aliphatic carbocycles. The van der Waals surface area contributed by atoms with Crippen LogP contribution in [0.4, 0.5) is 5.69 Å². The van der Waals surface area contributed by atoms with Gasteiger partial charge in [0.25, 0.3) is 5.91 Å². The highest BCUT2D eigenvalue weighted by atomic mass is 35.5. The average Bonchev–Trinajstić information content (AvgIpc) is 2.85. The van der Waals surface area contributed by atoms with Crippen LogP contribution in [-0.4, -0.2) is 25.7 Å². The Morgan fingerprint density at radius 2 is 2.39 bits per heavy atom. The Morgan fingerprint density at radius 1 is 1.56 bits per heavy atom. The molecule has 1 heterocycles. The van der Waals surface area contributed by atoms with E-state index in [4.69, 9.17) is 22.1 Å². The summed E-state index contributed by atoms with van der Waals surface area (Å²) in [6, 6.07) is 5.07. The largest absolute Gasteiger partial charge is 0.397 e. The van der Waals surface area contributed by atoms with E-state index in [9.17, 15) is 4.79 Å². The van der Waals surface area contributed by atoms with Gasteiger partial charge < -0.3 is 15.8 Å². The lowest BCUT2D eigenvalue weighted by Crippen LogP contribution is -2.26. The van der Waals surface area contributed by atoms with Gasteiger partial charge in [-0.15, -0.1) is 0 Å². The monoisotopic (exact) mass is 268 g/mol. The Hall–Kier alpha value is -1.26. The summed E-state index contributed by atoms with van der Waals surface area (Å²) in [5.74, 6) is 0.385. The molecular weight excluding hydrogens is 252 g/mol. The summed E-state index contributed by atoms with van der Waals surface area (Å²) >= 11 is 5.87. The fourth-order valence-corrected chi connectivity index (χ4v) is 2.21. The first-order valence-electron chi connectivity index (χ1n) is 6.08. The molecule has 5 heteroatoms. The predicted molar refractivity (Wildman–Crippen MR) is 71.7 cm³/mol. The maximum atomic E-state index is 11.9. The van der Waals surface area contributed by atoms with Crippen LogP contribution >= 0.6 is 11.6 Å². The molecule has 0 saturated carbocycles. The van der Waals surface area contributed by atoms with Crippen molar-refractivity contribution in [1.82, 2.24) is 5.32 Å². The molecule has 98 valence electrons. The molecule has 1 saturated heterocycles. The summed E-state index contributed by atoms with van der Waals surface area (Å²) in [4.78, 5) is 11.9. The summed E-state index contributed by atoms with van der Waals surface area (Å²) in [5, 5.41) is 3.27. The van der Waals surface area contributed by atoms with Crippen LogP contribution in [0.1, 0.15) is 23.2 Å². The Kier molecular flexibility index (Phi) is 4.44. The zero-order valence-electron chi connectivity index (χ0n) is 10.1. The van der Waals surface area contributed by atoms with Gasteiger partial charge in [0.1, 0.15) is 0 Å². The van der Waals surface area contributed by atoms with E-state index in [1.165, 1.54) is 0 Å². The van der Waals surface area contributed by atoms with E-state index >= 15 is 0 Å². The van der Waals surface area contributed by atoms with Crippen LogP contribution in [0.25, 0.3) is 0 Å². The maximum Gasteiger partial charge on any atom is 0.253 e. The number of nitrogen functional groups attached to an aromatic ring is 1. The van der Waals surface area contributed by atoms with Crippen molar-refractivity contribution < 1.29 is 9.53 Å². The minimum Gasteiger partial charge on any atom is -0.397 e. The third-order valence-corrected chi connectivity index (χ3v) is 3.49. The number of rotatable bonds is 4. The first-order valence-corrected chi connectivity index (χ1v) is 6.46. The summed E-state index contributed by atoms with van der Waals surface area (Å²) in [7, 11) is 0. The van der Waals surface area contributed by atoms with Crippen molar-refractivity contribution in [3.8, 4) is 0 Å². The lowest BCUT2D eigenvalue weighted by Gasteiger charge is -2.10. The lowest BCUT2D eigenvalue weighted by atomic mass is 10.1. The van der Waals surface area contributed by atoms with Gasteiger partial charge in [-0.3, -0.25) is 4.79 Å². The minimum atomic E-state index is -0.172. The van der Waals surface area contributed by atoms with Crippen LogP contribution in [-0.2, 0) is 4.74 Å². The highest BCUT2D eigenvalue weighted by Gasteiger charge is 2.16. The van der Waals surface area contributed by atoms with Crippen LogP contribution in [0.5, 0.6) is 0 Å². The summed E-state index contributed by atoms with van der Waals surface area (Å²) < 4.78 is 5.28. The fourth-order valence-electron chi connectivity index (χ4n) is 2.03. The standard InChI is InChI=1S/C13H17ClN2O2/c14-11-3-1-2-10(12(11)15)13(17)16-6-4-9-5-7-18-8-9/h1-3,9H,4-8,15H2,(H,16,17). The SMILES string of the molecule is Nc1c(Cl)cccc1C(=O)NCCC1CCOC1. The number of nitrogens with two attached hydrogens (primary N) is 1. The van der Waals surface area contributed by atoms with Gasteiger partial charge in [0, 0.05) is 19.8 Å². The molecule has 1 aliphatic heterocycles. The van der Waals surface area contributed by atoms with Crippen molar-refractivity contribution in [3.63, 3.8) is 0 Å². The fraction of sp³-hybridized carbons (Fsp3) is 0.462. The molecule has 1 aromatic rings. The van der Waals surface area contributed by atoms with E-state index in [0.717, 1.165) is 26.1 Å². The molecule has 1 fully saturated rings. The Morgan fingerprint density at radius 3 is 3.11 bits per heavy atom. The molecule has 18 heavy (non-hydrogen) atoms. The van der Waals surface area contributed by atoms with Crippen LogP contribution in [0.15, 0.2) is 18.2 Å². The quantitative estimate of drug-likeness (QED) is 0.822. The number of carbonyl (C=O) groups is 1. The lowest BCUT2D eigenvalue weighted by molar-refractivity contribution is 0.0951. The van der Waals surface area contributed by atoms with E-state index in [-0.39, 0.29) is 5.91 Å². The van der Waals surface area contributed by atoms with Gasteiger partial charge >= 0.3 is 0 Å². The average molecular weight is 269 g/mol. The third kappa shape index (κ3) is 3.15. The van der Waals surface area contributed by atoms with Crippen molar-refractivity contribution >= 4 is 23.2 Å². The normalized spacial score (nSPS) is 18.8. The number of halogens is 1. The first-order chi connectivity index (χ1) is 8.68. The number of hydrogen-bond acceptors (Lipinski definition) is 3. The van der Waals surface area contributed by atoms with Crippen molar-refractivity contribution in [2.45, 2.75) is 12.8 Å². The van der Waals surface area contributed by atoms with Gasteiger partial charge in [0.05, 0.1) is 16.3 Å². The third-order valence-electron chi connectivity index (χ3n) is 3.16. The molecule has 3 N–H and O–H groups in total.